The minimum Gasteiger partial charge on any atom is -0.294 e. The maximum absolute atomic E-state index is 13.5. The Morgan fingerprint density at radius 1 is 1.55 bits per heavy atom. The molecular weight excluding hydrogens is 160 g/mol. The molecule has 11 heavy (non-hydrogen) atoms. The maximum Gasteiger partial charge on any atom is 0.138 e. The normalized spacial score (nSPS) is 51.5. The summed E-state index contributed by atoms with van der Waals surface area (Å²) in [7, 11) is 2.35. The van der Waals surface area contributed by atoms with Crippen LogP contribution in [-0.4, -0.2) is 28.9 Å². The van der Waals surface area contributed by atoms with E-state index < -0.39 is 5.41 Å². The van der Waals surface area contributed by atoms with Crippen LogP contribution in [0.15, 0.2) is 0 Å². The van der Waals surface area contributed by atoms with Gasteiger partial charge < -0.3 is 0 Å². The standard InChI is InChI=1S/C8H15FNP/c1-7-3-2-4-10(7)6-8(9,11)5-7/h2-6,11H2,1H3. The van der Waals surface area contributed by atoms with Gasteiger partial charge in [-0.05, 0) is 26.3 Å². The molecule has 1 nitrogen and oxygen atoms in total. The SMILES string of the molecule is CC12CCCN1CC(F)(P)C2. The third-order valence-electron chi connectivity index (χ3n) is 3.04. The fourth-order valence-corrected chi connectivity index (χ4v) is 3.22. The van der Waals surface area contributed by atoms with E-state index in [2.05, 4.69) is 21.1 Å². The highest BCUT2D eigenvalue weighted by Crippen LogP contribution is 2.47. The van der Waals surface area contributed by atoms with Crippen molar-refractivity contribution in [3.8, 4) is 0 Å². The van der Waals surface area contributed by atoms with Gasteiger partial charge in [0.05, 0.1) is 0 Å². The fraction of sp³-hybridized carbons (Fsp3) is 1.00. The topological polar surface area (TPSA) is 3.24 Å². The minimum atomic E-state index is -1.00. The number of alkyl halides is 1. The quantitative estimate of drug-likeness (QED) is 0.507. The summed E-state index contributed by atoms with van der Waals surface area (Å²) in [6.07, 6.45) is 3.12. The second kappa shape index (κ2) is 2.17. The summed E-state index contributed by atoms with van der Waals surface area (Å²) < 4.78 is 13.5. The van der Waals surface area contributed by atoms with Crippen LogP contribution < -0.4 is 0 Å². The van der Waals surface area contributed by atoms with Gasteiger partial charge in [0.2, 0.25) is 0 Å². The molecule has 2 aliphatic rings. The number of hydrogen-bond acceptors (Lipinski definition) is 1. The predicted octanol–water partition coefficient (Wildman–Crippen LogP) is 1.79. The van der Waals surface area contributed by atoms with Crippen molar-refractivity contribution in [2.24, 2.45) is 0 Å². The van der Waals surface area contributed by atoms with Gasteiger partial charge in [-0.2, -0.15) is 0 Å². The lowest BCUT2D eigenvalue weighted by molar-refractivity contribution is 0.216. The van der Waals surface area contributed by atoms with Crippen molar-refractivity contribution in [3.05, 3.63) is 0 Å². The monoisotopic (exact) mass is 175 g/mol. The van der Waals surface area contributed by atoms with Crippen LogP contribution in [0, 0.1) is 0 Å². The highest BCUT2D eigenvalue weighted by molar-refractivity contribution is 7.18. The van der Waals surface area contributed by atoms with Gasteiger partial charge >= 0.3 is 0 Å². The van der Waals surface area contributed by atoms with Crippen LogP contribution in [0.3, 0.4) is 0 Å². The van der Waals surface area contributed by atoms with Gasteiger partial charge in [-0.25, -0.2) is 4.39 Å². The Balaban J connectivity index is 2.19. The molecule has 0 N–H and O–H groups in total. The molecule has 0 aliphatic carbocycles. The molecule has 0 saturated carbocycles. The first kappa shape index (κ1) is 7.94. The zero-order valence-corrected chi connectivity index (χ0v) is 8.09. The summed E-state index contributed by atoms with van der Waals surface area (Å²) in [6.45, 7) is 3.90. The summed E-state index contributed by atoms with van der Waals surface area (Å²) in [5.41, 5.74) is 0.177. The Morgan fingerprint density at radius 2 is 2.27 bits per heavy atom. The lowest BCUT2D eigenvalue weighted by Crippen LogP contribution is -2.34. The Hall–Kier alpha value is 0.320. The average molecular weight is 175 g/mol. The van der Waals surface area contributed by atoms with E-state index in [1.807, 2.05) is 0 Å². The van der Waals surface area contributed by atoms with Crippen LogP contribution in [-0.2, 0) is 0 Å². The molecule has 3 unspecified atom stereocenters. The first-order valence-corrected chi connectivity index (χ1v) is 4.83. The summed E-state index contributed by atoms with van der Waals surface area (Å²) in [5.74, 6) is 0. The highest BCUT2D eigenvalue weighted by atomic mass is 31.0. The van der Waals surface area contributed by atoms with Gasteiger partial charge in [0, 0.05) is 18.5 Å². The number of halogens is 1. The molecule has 2 heterocycles. The molecule has 2 fully saturated rings. The predicted molar refractivity (Wildman–Crippen MR) is 47.4 cm³/mol. The molecule has 0 amide bonds. The first-order chi connectivity index (χ1) is 5.02. The van der Waals surface area contributed by atoms with E-state index in [0.29, 0.717) is 13.0 Å². The van der Waals surface area contributed by atoms with Gasteiger partial charge in [-0.1, -0.05) is 9.24 Å². The molecule has 2 rings (SSSR count). The van der Waals surface area contributed by atoms with Crippen molar-refractivity contribution in [2.45, 2.75) is 37.1 Å². The second-order valence-corrected chi connectivity index (χ2v) is 5.27. The van der Waals surface area contributed by atoms with Gasteiger partial charge in [0.15, 0.2) is 0 Å². The third-order valence-corrected chi connectivity index (χ3v) is 3.42. The van der Waals surface area contributed by atoms with E-state index in [0.717, 1.165) is 6.54 Å². The van der Waals surface area contributed by atoms with E-state index in [1.165, 1.54) is 12.8 Å². The lowest BCUT2D eigenvalue weighted by Gasteiger charge is -2.25. The van der Waals surface area contributed by atoms with Gasteiger partial charge in [0.1, 0.15) is 5.41 Å². The van der Waals surface area contributed by atoms with Crippen LogP contribution in [0.4, 0.5) is 4.39 Å². The summed E-state index contributed by atoms with van der Waals surface area (Å²) >= 11 is 0. The number of nitrogens with zero attached hydrogens (tertiary/aromatic N) is 1. The summed E-state index contributed by atoms with van der Waals surface area (Å²) in [4.78, 5) is 2.29. The van der Waals surface area contributed by atoms with Gasteiger partial charge in [-0.15, -0.1) is 0 Å². The number of rotatable bonds is 0. The molecular formula is C8H15FNP. The Bertz CT molecular complexity index is 183. The second-order valence-electron chi connectivity index (χ2n) is 4.23. The molecule has 2 saturated heterocycles. The van der Waals surface area contributed by atoms with Crippen LogP contribution in [0.1, 0.15) is 26.2 Å². The maximum atomic E-state index is 13.5. The summed E-state index contributed by atoms with van der Waals surface area (Å²) in [5, 5.41) is -1.00. The van der Waals surface area contributed by atoms with Crippen molar-refractivity contribution in [3.63, 3.8) is 0 Å². The third kappa shape index (κ3) is 1.21. The Kier molecular flexibility index (Phi) is 1.57. The molecule has 3 heteroatoms. The van der Waals surface area contributed by atoms with Crippen molar-refractivity contribution in [1.82, 2.24) is 4.90 Å². The number of hydrogen-bond donors (Lipinski definition) is 0. The summed E-state index contributed by atoms with van der Waals surface area (Å²) in [6, 6.07) is 0. The van der Waals surface area contributed by atoms with E-state index in [9.17, 15) is 4.39 Å². The zero-order valence-electron chi connectivity index (χ0n) is 6.94. The van der Waals surface area contributed by atoms with Crippen LogP contribution >= 0.6 is 9.24 Å². The zero-order chi connectivity index (χ0) is 8.11. The van der Waals surface area contributed by atoms with E-state index >= 15 is 0 Å². The fourth-order valence-electron chi connectivity index (χ4n) is 2.56. The largest absolute Gasteiger partial charge is 0.294 e. The molecule has 3 atom stereocenters. The van der Waals surface area contributed by atoms with Crippen LogP contribution in [0.2, 0.25) is 0 Å². The van der Waals surface area contributed by atoms with Crippen molar-refractivity contribution in [1.29, 1.82) is 0 Å². The lowest BCUT2D eigenvalue weighted by atomic mass is 9.96. The van der Waals surface area contributed by atoms with Gasteiger partial charge in [-0.3, -0.25) is 4.90 Å². The molecule has 0 aromatic heterocycles. The van der Waals surface area contributed by atoms with Crippen molar-refractivity contribution in [2.75, 3.05) is 13.1 Å². The molecule has 0 radical (unpaired) electrons. The van der Waals surface area contributed by atoms with Crippen LogP contribution in [0.5, 0.6) is 0 Å². The van der Waals surface area contributed by atoms with Crippen LogP contribution in [0.25, 0.3) is 0 Å². The molecule has 0 spiro atoms. The highest BCUT2D eigenvalue weighted by Gasteiger charge is 2.50. The molecule has 2 aliphatic heterocycles. The number of fused-ring (bicyclic) bond motifs is 1. The minimum absolute atomic E-state index is 0.177. The smallest absolute Gasteiger partial charge is 0.138 e. The molecule has 0 aromatic carbocycles. The van der Waals surface area contributed by atoms with Gasteiger partial charge in [0.25, 0.3) is 0 Å². The molecule has 64 valence electrons. The van der Waals surface area contributed by atoms with Crippen molar-refractivity contribution < 1.29 is 4.39 Å². The molecule has 0 bridgehead atoms. The van der Waals surface area contributed by atoms with E-state index in [1.54, 1.807) is 0 Å². The van der Waals surface area contributed by atoms with Crippen molar-refractivity contribution >= 4 is 9.24 Å². The van der Waals surface area contributed by atoms with E-state index in [4.69, 9.17) is 0 Å². The Labute approximate surface area is 69.5 Å². The first-order valence-electron chi connectivity index (χ1n) is 4.25. The Morgan fingerprint density at radius 3 is 2.91 bits per heavy atom. The average Bonchev–Trinajstić information content (AvgIpc) is 2.16. The van der Waals surface area contributed by atoms with E-state index in [-0.39, 0.29) is 5.54 Å². The molecule has 0 aromatic rings.